The molecule has 0 aromatic carbocycles. The molecule has 0 spiro atoms. The van der Waals surface area contributed by atoms with E-state index in [-0.39, 0.29) is 11.9 Å². The molecule has 1 fully saturated rings. The van der Waals surface area contributed by atoms with Crippen LogP contribution in [0.3, 0.4) is 0 Å². The van der Waals surface area contributed by atoms with E-state index >= 15 is 0 Å². The summed E-state index contributed by atoms with van der Waals surface area (Å²) in [4.78, 5) is 14.6. The van der Waals surface area contributed by atoms with Gasteiger partial charge < -0.3 is 10.6 Å². The molecular weight excluding hydrogens is 256 g/mol. The Morgan fingerprint density at radius 2 is 2.21 bits per heavy atom. The maximum absolute atomic E-state index is 11.7. The zero-order chi connectivity index (χ0) is 13.2. The number of carbonyl (C=O) groups excluding carboxylic acids is 1. The molecule has 3 nitrogen and oxygen atoms in total. The van der Waals surface area contributed by atoms with Crippen molar-refractivity contribution in [1.29, 1.82) is 0 Å². The number of hydrogen-bond acceptors (Lipinski definition) is 3. The minimum Gasteiger partial charge on any atom is -0.352 e. The summed E-state index contributed by atoms with van der Waals surface area (Å²) < 4.78 is 0. The minimum atomic E-state index is 0.135. The van der Waals surface area contributed by atoms with Crippen molar-refractivity contribution in [2.24, 2.45) is 0 Å². The maximum Gasteiger partial charge on any atom is 0.234 e. The number of aryl methyl sites for hydroxylation is 2. The number of thiophene rings is 1. The summed E-state index contributed by atoms with van der Waals surface area (Å²) in [5.74, 6) is 0.135. The average molecular weight is 278 g/mol. The summed E-state index contributed by atoms with van der Waals surface area (Å²) in [7, 11) is 0. The van der Waals surface area contributed by atoms with Crippen molar-refractivity contribution in [2.45, 2.75) is 57.5 Å². The lowest BCUT2D eigenvalue weighted by atomic mass is 9.99. The number of rotatable bonds is 5. The van der Waals surface area contributed by atoms with Crippen LogP contribution < -0.4 is 10.6 Å². The molecule has 1 heterocycles. The molecule has 0 bridgehead atoms. The van der Waals surface area contributed by atoms with Gasteiger partial charge in [-0.15, -0.1) is 11.3 Å². The van der Waals surface area contributed by atoms with Crippen molar-refractivity contribution in [1.82, 2.24) is 10.6 Å². The molecule has 0 aliphatic heterocycles. The van der Waals surface area contributed by atoms with E-state index < -0.39 is 0 Å². The molecule has 1 amide bonds. The van der Waals surface area contributed by atoms with E-state index in [1.807, 2.05) is 11.3 Å². The molecule has 1 aromatic rings. The lowest BCUT2D eigenvalue weighted by Crippen LogP contribution is -2.35. The van der Waals surface area contributed by atoms with Crippen LogP contribution in [-0.2, 0) is 17.6 Å². The number of carbonyl (C=O) groups is 1. The summed E-state index contributed by atoms with van der Waals surface area (Å²) >= 11 is 1.93. The van der Waals surface area contributed by atoms with Gasteiger partial charge in [-0.1, -0.05) is 0 Å². The molecule has 4 heteroatoms. The monoisotopic (exact) mass is 278 g/mol. The second-order valence-electron chi connectivity index (χ2n) is 5.75. The van der Waals surface area contributed by atoms with Crippen LogP contribution in [-0.4, -0.2) is 18.5 Å². The van der Waals surface area contributed by atoms with Gasteiger partial charge in [0.15, 0.2) is 0 Å². The normalized spacial score (nSPS) is 19.8. The van der Waals surface area contributed by atoms with Crippen LogP contribution >= 0.6 is 11.3 Å². The minimum absolute atomic E-state index is 0.135. The van der Waals surface area contributed by atoms with Crippen LogP contribution in [0.1, 0.15) is 54.0 Å². The van der Waals surface area contributed by atoms with E-state index in [9.17, 15) is 4.79 Å². The third-order valence-corrected chi connectivity index (χ3v) is 5.37. The first-order valence-corrected chi connectivity index (χ1v) is 8.18. The smallest absolute Gasteiger partial charge is 0.234 e. The molecule has 2 aliphatic rings. The van der Waals surface area contributed by atoms with E-state index in [0.717, 1.165) is 12.8 Å². The van der Waals surface area contributed by atoms with Crippen LogP contribution in [0.5, 0.6) is 0 Å². The summed E-state index contributed by atoms with van der Waals surface area (Å²) in [5.41, 5.74) is 1.54. The molecule has 19 heavy (non-hydrogen) atoms. The molecule has 104 valence electrons. The molecule has 1 aromatic heterocycles. The first kappa shape index (κ1) is 13.1. The second-order valence-corrected chi connectivity index (χ2v) is 6.92. The zero-order valence-corrected chi connectivity index (χ0v) is 12.3. The van der Waals surface area contributed by atoms with Crippen molar-refractivity contribution in [3.63, 3.8) is 0 Å². The number of nitrogens with one attached hydrogen (secondary N) is 2. The van der Waals surface area contributed by atoms with E-state index in [4.69, 9.17) is 0 Å². The Balaban J connectivity index is 1.52. The van der Waals surface area contributed by atoms with Crippen LogP contribution in [0.25, 0.3) is 0 Å². The molecular formula is C15H22N2OS. The maximum atomic E-state index is 11.7. The van der Waals surface area contributed by atoms with Crippen LogP contribution in [0.2, 0.25) is 0 Å². The number of hydrogen-bond donors (Lipinski definition) is 2. The van der Waals surface area contributed by atoms with Gasteiger partial charge in [-0.25, -0.2) is 0 Å². The number of amides is 1. The van der Waals surface area contributed by atoms with Crippen molar-refractivity contribution >= 4 is 17.2 Å². The highest BCUT2D eigenvalue weighted by Gasteiger charge is 2.23. The van der Waals surface area contributed by atoms with Crippen molar-refractivity contribution in [3.05, 3.63) is 21.4 Å². The summed E-state index contributed by atoms with van der Waals surface area (Å²) in [5, 5.41) is 6.35. The first-order chi connectivity index (χ1) is 9.22. The third kappa shape index (κ3) is 3.37. The van der Waals surface area contributed by atoms with E-state index in [0.29, 0.717) is 12.6 Å². The zero-order valence-electron chi connectivity index (χ0n) is 11.5. The molecule has 0 saturated heterocycles. The fraction of sp³-hybridized carbons (Fsp3) is 0.667. The lowest BCUT2D eigenvalue weighted by molar-refractivity contribution is -0.120. The van der Waals surface area contributed by atoms with Gasteiger partial charge in [0, 0.05) is 21.8 Å². The highest BCUT2D eigenvalue weighted by molar-refractivity contribution is 7.12. The second kappa shape index (κ2) is 5.63. The molecule has 1 unspecified atom stereocenters. The fourth-order valence-electron chi connectivity index (χ4n) is 2.58. The molecule has 1 saturated carbocycles. The Hall–Kier alpha value is -0.870. The van der Waals surface area contributed by atoms with Crippen molar-refractivity contribution in [3.8, 4) is 0 Å². The van der Waals surface area contributed by atoms with Gasteiger partial charge in [0.1, 0.15) is 0 Å². The summed E-state index contributed by atoms with van der Waals surface area (Å²) in [6, 6.07) is 3.08. The summed E-state index contributed by atoms with van der Waals surface area (Å²) in [6.07, 6.45) is 7.45. The Morgan fingerprint density at radius 3 is 2.95 bits per heavy atom. The Morgan fingerprint density at radius 1 is 1.42 bits per heavy atom. The molecule has 2 N–H and O–H groups in total. The lowest BCUT2D eigenvalue weighted by Gasteiger charge is -2.11. The quantitative estimate of drug-likeness (QED) is 0.869. The van der Waals surface area contributed by atoms with Gasteiger partial charge in [-0.3, -0.25) is 4.79 Å². The molecule has 0 radical (unpaired) electrons. The Kier molecular flexibility index (Phi) is 3.89. The van der Waals surface area contributed by atoms with Crippen LogP contribution in [0.15, 0.2) is 6.07 Å². The van der Waals surface area contributed by atoms with Crippen LogP contribution in [0, 0.1) is 0 Å². The van der Waals surface area contributed by atoms with Gasteiger partial charge >= 0.3 is 0 Å². The van der Waals surface area contributed by atoms with Gasteiger partial charge in [0.25, 0.3) is 0 Å². The highest BCUT2D eigenvalue weighted by atomic mass is 32.1. The third-order valence-electron chi connectivity index (χ3n) is 3.95. The van der Waals surface area contributed by atoms with Crippen molar-refractivity contribution in [2.75, 3.05) is 6.54 Å². The summed E-state index contributed by atoms with van der Waals surface area (Å²) in [6.45, 7) is 2.59. The molecule has 3 rings (SSSR count). The van der Waals surface area contributed by atoms with Gasteiger partial charge in [-0.05, 0) is 57.1 Å². The molecule has 2 aliphatic carbocycles. The van der Waals surface area contributed by atoms with E-state index in [1.54, 1.807) is 10.4 Å². The SMILES string of the molecule is CC(NCC(=O)NC1CC1)c1cc2c(s1)CCCC2. The number of fused-ring (bicyclic) bond motifs is 1. The standard InChI is InChI=1S/C15H22N2OS/c1-10(16-9-15(18)17-12-6-7-12)14-8-11-4-2-3-5-13(11)19-14/h8,10,12,16H,2-7,9H2,1H3,(H,17,18). The average Bonchev–Trinajstić information content (AvgIpc) is 3.10. The predicted molar refractivity (Wildman–Crippen MR) is 78.5 cm³/mol. The van der Waals surface area contributed by atoms with Crippen molar-refractivity contribution < 1.29 is 4.79 Å². The van der Waals surface area contributed by atoms with Gasteiger partial charge in [0.2, 0.25) is 5.91 Å². The van der Waals surface area contributed by atoms with E-state index in [2.05, 4.69) is 23.6 Å². The predicted octanol–water partition coefficient (Wildman–Crippen LogP) is 2.56. The van der Waals surface area contributed by atoms with Gasteiger partial charge in [0.05, 0.1) is 6.54 Å². The Labute approximate surface area is 118 Å². The largest absolute Gasteiger partial charge is 0.352 e. The highest BCUT2D eigenvalue weighted by Crippen LogP contribution is 2.32. The fourth-order valence-corrected chi connectivity index (χ4v) is 3.86. The Bertz CT molecular complexity index is 441. The molecule has 1 atom stereocenters. The van der Waals surface area contributed by atoms with E-state index in [1.165, 1.54) is 30.6 Å². The topological polar surface area (TPSA) is 41.1 Å². The van der Waals surface area contributed by atoms with Gasteiger partial charge in [-0.2, -0.15) is 0 Å². The first-order valence-electron chi connectivity index (χ1n) is 7.36. The van der Waals surface area contributed by atoms with Crippen LogP contribution in [0.4, 0.5) is 0 Å².